The van der Waals surface area contributed by atoms with Crippen LogP contribution in [0, 0.1) is 6.92 Å². The molecule has 0 N–H and O–H groups in total. The second-order valence-corrected chi connectivity index (χ2v) is 8.32. The van der Waals surface area contributed by atoms with Crippen LogP contribution < -0.4 is 4.90 Å². The molecule has 29 heavy (non-hydrogen) atoms. The third kappa shape index (κ3) is 4.93. The molecule has 0 bridgehead atoms. The van der Waals surface area contributed by atoms with Crippen molar-refractivity contribution in [3.63, 3.8) is 0 Å². The minimum Gasteiger partial charge on any atom is -0.410 e. The van der Waals surface area contributed by atoms with E-state index < -0.39 is 0 Å². The number of amides is 1. The zero-order chi connectivity index (χ0) is 20.1. The summed E-state index contributed by atoms with van der Waals surface area (Å²) in [5.41, 5.74) is 3.06. The highest BCUT2D eigenvalue weighted by molar-refractivity contribution is 7.99. The zero-order valence-corrected chi connectivity index (χ0v) is 17.5. The van der Waals surface area contributed by atoms with Crippen LogP contribution in [0.5, 0.6) is 0 Å². The molecule has 2 aromatic heterocycles. The highest BCUT2D eigenvalue weighted by Crippen LogP contribution is 2.27. The van der Waals surface area contributed by atoms with E-state index in [4.69, 9.17) is 4.42 Å². The zero-order valence-electron chi connectivity index (χ0n) is 15.8. The lowest BCUT2D eigenvalue weighted by Gasteiger charge is -2.23. The number of carbonyl (C=O) groups excluding carboxylic acids is 1. The van der Waals surface area contributed by atoms with Gasteiger partial charge in [-0.3, -0.25) is 4.79 Å². The molecule has 0 saturated carbocycles. The predicted molar refractivity (Wildman–Crippen MR) is 117 cm³/mol. The Morgan fingerprint density at radius 1 is 1.07 bits per heavy atom. The minimum atomic E-state index is -0.0136. The summed E-state index contributed by atoms with van der Waals surface area (Å²) in [7, 11) is 0. The Hall–Kier alpha value is -2.90. The lowest BCUT2D eigenvalue weighted by Crippen LogP contribution is -2.32. The Morgan fingerprint density at radius 3 is 2.69 bits per heavy atom. The molecule has 4 rings (SSSR count). The monoisotopic (exact) mass is 421 g/mol. The van der Waals surface area contributed by atoms with Crippen molar-refractivity contribution in [2.24, 2.45) is 0 Å². The van der Waals surface area contributed by atoms with Crippen molar-refractivity contribution in [2.75, 3.05) is 10.7 Å². The molecule has 0 unspecified atom stereocenters. The molecule has 0 saturated heterocycles. The number of carbonyl (C=O) groups is 1. The molecule has 0 spiro atoms. The molecule has 2 aromatic carbocycles. The Labute approximate surface area is 177 Å². The van der Waals surface area contributed by atoms with E-state index >= 15 is 0 Å². The Balaban J connectivity index is 1.49. The summed E-state index contributed by atoms with van der Waals surface area (Å²) in [4.78, 5) is 15.8. The molecule has 0 aliphatic heterocycles. The van der Waals surface area contributed by atoms with Crippen molar-refractivity contribution in [3.8, 4) is 10.8 Å². The number of thiophene rings is 1. The number of aryl methyl sites for hydroxylation is 1. The highest BCUT2D eigenvalue weighted by atomic mass is 32.2. The first-order valence-corrected chi connectivity index (χ1v) is 11.0. The van der Waals surface area contributed by atoms with Crippen LogP contribution in [0.2, 0.25) is 0 Å². The number of anilines is 1. The summed E-state index contributed by atoms with van der Waals surface area (Å²) < 4.78 is 5.68. The molecular weight excluding hydrogens is 402 g/mol. The Kier molecular flexibility index (Phi) is 6.07. The first-order chi connectivity index (χ1) is 14.2. The maximum absolute atomic E-state index is 13.1. The smallest absolute Gasteiger partial charge is 0.277 e. The predicted octanol–water partition coefficient (Wildman–Crippen LogP) is 5.43. The number of rotatable bonds is 7. The van der Waals surface area contributed by atoms with Crippen molar-refractivity contribution in [1.29, 1.82) is 0 Å². The molecule has 0 aliphatic carbocycles. The molecule has 5 nitrogen and oxygen atoms in total. The van der Waals surface area contributed by atoms with Crippen LogP contribution in [-0.2, 0) is 11.3 Å². The lowest BCUT2D eigenvalue weighted by atomic mass is 10.1. The summed E-state index contributed by atoms with van der Waals surface area (Å²) in [6.07, 6.45) is 0. The Morgan fingerprint density at radius 2 is 1.93 bits per heavy atom. The summed E-state index contributed by atoms with van der Waals surface area (Å²) in [6, 6.07) is 21.8. The van der Waals surface area contributed by atoms with Gasteiger partial charge in [-0.1, -0.05) is 60.3 Å². The van der Waals surface area contributed by atoms with Crippen LogP contribution in [0.25, 0.3) is 10.8 Å². The third-order valence-corrected chi connectivity index (χ3v) is 5.92. The van der Waals surface area contributed by atoms with Gasteiger partial charge < -0.3 is 9.32 Å². The van der Waals surface area contributed by atoms with Gasteiger partial charge in [0.1, 0.15) is 0 Å². The minimum absolute atomic E-state index is 0.0136. The topological polar surface area (TPSA) is 59.2 Å². The highest BCUT2D eigenvalue weighted by Gasteiger charge is 2.19. The van der Waals surface area contributed by atoms with E-state index in [-0.39, 0.29) is 11.7 Å². The van der Waals surface area contributed by atoms with Gasteiger partial charge in [0.2, 0.25) is 5.91 Å². The maximum atomic E-state index is 13.1. The van der Waals surface area contributed by atoms with Gasteiger partial charge >= 0.3 is 0 Å². The van der Waals surface area contributed by atoms with E-state index in [0.717, 1.165) is 21.7 Å². The molecule has 0 fully saturated rings. The third-order valence-electron chi connectivity index (χ3n) is 4.26. The van der Waals surface area contributed by atoms with Crippen molar-refractivity contribution in [1.82, 2.24) is 10.2 Å². The summed E-state index contributed by atoms with van der Waals surface area (Å²) in [6.45, 7) is 2.53. The molecule has 0 aliphatic rings. The maximum Gasteiger partial charge on any atom is 0.277 e. The van der Waals surface area contributed by atoms with Crippen molar-refractivity contribution >= 4 is 34.7 Å². The van der Waals surface area contributed by atoms with Crippen molar-refractivity contribution < 1.29 is 9.21 Å². The largest absolute Gasteiger partial charge is 0.410 e. The van der Waals surface area contributed by atoms with Crippen LogP contribution in [0.4, 0.5) is 5.69 Å². The number of hydrogen-bond acceptors (Lipinski definition) is 6. The van der Waals surface area contributed by atoms with Gasteiger partial charge in [-0.15, -0.1) is 21.5 Å². The van der Waals surface area contributed by atoms with Gasteiger partial charge in [0, 0.05) is 5.69 Å². The van der Waals surface area contributed by atoms with Gasteiger partial charge in [0.05, 0.1) is 17.2 Å². The van der Waals surface area contributed by atoms with E-state index in [1.54, 1.807) is 4.90 Å². The van der Waals surface area contributed by atoms with Gasteiger partial charge in [-0.2, -0.15) is 0 Å². The fourth-order valence-corrected chi connectivity index (χ4v) is 4.14. The van der Waals surface area contributed by atoms with Crippen LogP contribution in [-0.4, -0.2) is 21.9 Å². The van der Waals surface area contributed by atoms with Crippen LogP contribution in [0.3, 0.4) is 0 Å². The molecule has 1 amide bonds. The fraction of sp³-hybridized carbons (Fsp3) is 0.136. The Bertz CT molecular complexity index is 1080. The molecule has 2 heterocycles. The first kappa shape index (κ1) is 19.4. The number of thioether (sulfide) groups is 1. The molecule has 7 heteroatoms. The first-order valence-electron chi connectivity index (χ1n) is 9.10. The lowest BCUT2D eigenvalue weighted by molar-refractivity contribution is -0.116. The number of nitrogens with zero attached hydrogens (tertiary/aromatic N) is 3. The summed E-state index contributed by atoms with van der Waals surface area (Å²) >= 11 is 2.80. The second kappa shape index (κ2) is 9.07. The van der Waals surface area contributed by atoms with Crippen molar-refractivity contribution in [3.05, 3.63) is 83.2 Å². The number of hydrogen-bond donors (Lipinski definition) is 0. The van der Waals surface area contributed by atoms with Gasteiger partial charge in [0.15, 0.2) is 0 Å². The summed E-state index contributed by atoms with van der Waals surface area (Å²) in [5, 5.41) is 10.5. The number of benzene rings is 2. The van der Waals surface area contributed by atoms with Crippen LogP contribution in [0.1, 0.15) is 11.1 Å². The molecule has 4 aromatic rings. The van der Waals surface area contributed by atoms with Crippen molar-refractivity contribution in [2.45, 2.75) is 18.7 Å². The molecular formula is C22H19N3O2S2. The van der Waals surface area contributed by atoms with E-state index in [1.807, 2.05) is 79.0 Å². The number of aromatic nitrogens is 2. The van der Waals surface area contributed by atoms with E-state index in [2.05, 4.69) is 10.2 Å². The molecule has 146 valence electrons. The van der Waals surface area contributed by atoms with Crippen LogP contribution >= 0.6 is 23.1 Å². The van der Waals surface area contributed by atoms with Gasteiger partial charge in [-0.05, 0) is 41.6 Å². The normalized spacial score (nSPS) is 10.8. The second-order valence-electron chi connectivity index (χ2n) is 6.44. The average molecular weight is 422 g/mol. The van der Waals surface area contributed by atoms with E-state index in [1.165, 1.54) is 23.1 Å². The molecule has 0 atom stereocenters. The van der Waals surface area contributed by atoms with Gasteiger partial charge in [-0.25, -0.2) is 0 Å². The van der Waals surface area contributed by atoms with E-state index in [0.29, 0.717) is 17.7 Å². The van der Waals surface area contributed by atoms with E-state index in [9.17, 15) is 4.79 Å². The standard InChI is InChI=1S/C22H19N3O2S2/c1-16-7-5-10-18(13-16)25(14-17-8-3-2-4-9-17)20(26)15-29-22-24-23-21(27-22)19-11-6-12-28-19/h2-13H,14-15H2,1H3. The summed E-state index contributed by atoms with van der Waals surface area (Å²) in [5.74, 6) is 0.683. The molecule has 0 radical (unpaired) electrons. The fourth-order valence-electron chi connectivity index (χ4n) is 2.85. The average Bonchev–Trinajstić information content (AvgIpc) is 3.43. The van der Waals surface area contributed by atoms with Gasteiger partial charge in [0.25, 0.3) is 11.1 Å². The quantitative estimate of drug-likeness (QED) is 0.372. The SMILES string of the molecule is Cc1cccc(N(Cc2ccccc2)C(=O)CSc2nnc(-c3cccs3)o2)c1. The van der Waals surface area contributed by atoms with Crippen LogP contribution in [0.15, 0.2) is 81.8 Å².